The SMILES string of the molecule is CCN(CC)C(=O)OCc1ccccc1C(=O)c1ccc(F)cc1. The van der Waals surface area contributed by atoms with E-state index in [0.717, 1.165) is 0 Å². The molecule has 0 saturated carbocycles. The van der Waals surface area contributed by atoms with Gasteiger partial charge in [-0.05, 0) is 38.1 Å². The van der Waals surface area contributed by atoms with Gasteiger partial charge in [-0.15, -0.1) is 0 Å². The van der Waals surface area contributed by atoms with Gasteiger partial charge < -0.3 is 9.64 Å². The van der Waals surface area contributed by atoms with Gasteiger partial charge in [-0.3, -0.25) is 4.79 Å². The summed E-state index contributed by atoms with van der Waals surface area (Å²) in [6.45, 7) is 4.88. The van der Waals surface area contributed by atoms with Crippen LogP contribution in [0.25, 0.3) is 0 Å². The van der Waals surface area contributed by atoms with E-state index in [1.54, 1.807) is 29.2 Å². The summed E-state index contributed by atoms with van der Waals surface area (Å²) in [6.07, 6.45) is -0.413. The van der Waals surface area contributed by atoms with E-state index >= 15 is 0 Å². The van der Waals surface area contributed by atoms with Crippen molar-refractivity contribution in [3.05, 3.63) is 71.0 Å². The summed E-state index contributed by atoms with van der Waals surface area (Å²) in [6, 6.07) is 12.3. The van der Waals surface area contributed by atoms with Gasteiger partial charge in [0.15, 0.2) is 5.78 Å². The van der Waals surface area contributed by atoms with Crippen LogP contribution in [0, 0.1) is 5.82 Å². The normalized spacial score (nSPS) is 10.3. The van der Waals surface area contributed by atoms with Crippen molar-refractivity contribution in [2.24, 2.45) is 0 Å². The molecule has 0 bridgehead atoms. The molecular weight excluding hydrogens is 309 g/mol. The summed E-state index contributed by atoms with van der Waals surface area (Å²) in [4.78, 5) is 26.1. The number of carbonyl (C=O) groups excluding carboxylic acids is 2. The van der Waals surface area contributed by atoms with E-state index in [4.69, 9.17) is 4.74 Å². The Bertz CT molecular complexity index is 709. The van der Waals surface area contributed by atoms with E-state index in [2.05, 4.69) is 0 Å². The molecule has 0 N–H and O–H groups in total. The molecule has 2 rings (SSSR count). The number of amides is 1. The van der Waals surface area contributed by atoms with E-state index in [0.29, 0.717) is 29.8 Å². The lowest BCUT2D eigenvalue weighted by Crippen LogP contribution is -2.31. The highest BCUT2D eigenvalue weighted by Crippen LogP contribution is 2.16. The molecule has 0 radical (unpaired) electrons. The summed E-state index contributed by atoms with van der Waals surface area (Å²) in [5, 5.41) is 0. The zero-order valence-electron chi connectivity index (χ0n) is 13.8. The molecule has 0 aliphatic rings. The van der Waals surface area contributed by atoms with Gasteiger partial charge in [-0.1, -0.05) is 24.3 Å². The standard InChI is InChI=1S/C19H20FNO3/c1-3-21(4-2)19(23)24-13-15-7-5-6-8-17(15)18(22)14-9-11-16(20)12-10-14/h5-12H,3-4,13H2,1-2H3. The van der Waals surface area contributed by atoms with E-state index in [9.17, 15) is 14.0 Å². The second-order valence-corrected chi connectivity index (χ2v) is 5.22. The van der Waals surface area contributed by atoms with Gasteiger partial charge in [-0.25, -0.2) is 9.18 Å². The topological polar surface area (TPSA) is 46.6 Å². The third-order valence-corrected chi connectivity index (χ3v) is 3.74. The summed E-state index contributed by atoms with van der Waals surface area (Å²) >= 11 is 0. The van der Waals surface area contributed by atoms with Gasteiger partial charge in [0.25, 0.3) is 0 Å². The fourth-order valence-electron chi connectivity index (χ4n) is 2.34. The molecule has 0 atom stereocenters. The highest BCUT2D eigenvalue weighted by molar-refractivity contribution is 6.09. The molecule has 0 spiro atoms. The number of ether oxygens (including phenoxy) is 1. The molecule has 0 saturated heterocycles. The lowest BCUT2D eigenvalue weighted by atomic mass is 9.99. The first-order valence-electron chi connectivity index (χ1n) is 7.86. The van der Waals surface area contributed by atoms with Crippen LogP contribution >= 0.6 is 0 Å². The van der Waals surface area contributed by atoms with Gasteiger partial charge in [0.1, 0.15) is 12.4 Å². The molecule has 4 nitrogen and oxygen atoms in total. The quantitative estimate of drug-likeness (QED) is 0.752. The lowest BCUT2D eigenvalue weighted by Gasteiger charge is -2.18. The van der Waals surface area contributed by atoms with Crippen molar-refractivity contribution in [1.29, 1.82) is 0 Å². The summed E-state index contributed by atoms with van der Waals surface area (Å²) in [7, 11) is 0. The van der Waals surface area contributed by atoms with Crippen molar-refractivity contribution in [3.8, 4) is 0 Å². The Morgan fingerprint density at radius 3 is 2.25 bits per heavy atom. The van der Waals surface area contributed by atoms with Crippen LogP contribution < -0.4 is 0 Å². The van der Waals surface area contributed by atoms with Crippen LogP contribution in [0.15, 0.2) is 48.5 Å². The minimum atomic E-state index is -0.413. The maximum Gasteiger partial charge on any atom is 0.410 e. The number of carbonyl (C=O) groups is 2. The van der Waals surface area contributed by atoms with Crippen molar-refractivity contribution in [1.82, 2.24) is 4.90 Å². The number of rotatable bonds is 6. The Hall–Kier alpha value is -2.69. The van der Waals surface area contributed by atoms with Crippen LogP contribution in [0.4, 0.5) is 9.18 Å². The smallest absolute Gasteiger partial charge is 0.410 e. The van der Waals surface area contributed by atoms with Crippen LogP contribution in [0.5, 0.6) is 0 Å². The number of halogens is 1. The number of benzene rings is 2. The molecule has 2 aromatic carbocycles. The van der Waals surface area contributed by atoms with E-state index in [-0.39, 0.29) is 12.4 Å². The van der Waals surface area contributed by atoms with Crippen molar-refractivity contribution in [2.45, 2.75) is 20.5 Å². The van der Waals surface area contributed by atoms with Crippen LogP contribution in [-0.2, 0) is 11.3 Å². The van der Waals surface area contributed by atoms with Crippen LogP contribution in [0.2, 0.25) is 0 Å². The van der Waals surface area contributed by atoms with Gasteiger partial charge in [0.2, 0.25) is 0 Å². The maximum atomic E-state index is 13.0. The first-order chi connectivity index (χ1) is 11.6. The Balaban J connectivity index is 2.17. The summed E-state index contributed by atoms with van der Waals surface area (Å²) in [5.74, 6) is -0.627. The molecule has 126 valence electrons. The first-order valence-corrected chi connectivity index (χ1v) is 7.86. The predicted molar refractivity (Wildman–Crippen MR) is 89.4 cm³/mol. The zero-order chi connectivity index (χ0) is 17.5. The van der Waals surface area contributed by atoms with E-state index in [1.165, 1.54) is 24.3 Å². The van der Waals surface area contributed by atoms with Gasteiger partial charge in [-0.2, -0.15) is 0 Å². The maximum absolute atomic E-state index is 13.0. The molecule has 24 heavy (non-hydrogen) atoms. The largest absolute Gasteiger partial charge is 0.445 e. The number of hydrogen-bond acceptors (Lipinski definition) is 3. The first kappa shape index (κ1) is 17.7. The number of ketones is 1. The molecule has 2 aromatic rings. The molecular formula is C19H20FNO3. The fraction of sp³-hybridized carbons (Fsp3) is 0.263. The van der Waals surface area contributed by atoms with Crippen molar-refractivity contribution in [2.75, 3.05) is 13.1 Å². The Morgan fingerprint density at radius 1 is 1.00 bits per heavy atom. The molecule has 0 fully saturated rings. The van der Waals surface area contributed by atoms with Gasteiger partial charge >= 0.3 is 6.09 Å². The van der Waals surface area contributed by atoms with Gasteiger partial charge in [0.05, 0.1) is 0 Å². The predicted octanol–water partition coefficient (Wildman–Crippen LogP) is 4.04. The molecule has 0 unspecified atom stereocenters. The van der Waals surface area contributed by atoms with Crippen LogP contribution in [-0.4, -0.2) is 29.9 Å². The highest BCUT2D eigenvalue weighted by Gasteiger charge is 2.16. The molecule has 0 aliphatic carbocycles. The minimum absolute atomic E-state index is 0.0123. The highest BCUT2D eigenvalue weighted by atomic mass is 19.1. The third-order valence-electron chi connectivity index (χ3n) is 3.74. The van der Waals surface area contributed by atoms with Gasteiger partial charge in [0, 0.05) is 29.8 Å². The van der Waals surface area contributed by atoms with Crippen molar-refractivity contribution in [3.63, 3.8) is 0 Å². The summed E-state index contributed by atoms with van der Waals surface area (Å²) in [5.41, 5.74) is 1.45. The van der Waals surface area contributed by atoms with E-state index in [1.807, 2.05) is 13.8 Å². The average molecular weight is 329 g/mol. The average Bonchev–Trinajstić information content (AvgIpc) is 2.61. The number of nitrogens with zero attached hydrogens (tertiary/aromatic N) is 1. The lowest BCUT2D eigenvalue weighted by molar-refractivity contribution is 0.0968. The second kappa shape index (κ2) is 8.24. The molecule has 1 amide bonds. The molecule has 5 heteroatoms. The van der Waals surface area contributed by atoms with Crippen molar-refractivity contribution >= 4 is 11.9 Å². The third kappa shape index (κ3) is 4.19. The Labute approximate surface area is 140 Å². The Kier molecular flexibility index (Phi) is 6.07. The fourth-order valence-corrected chi connectivity index (χ4v) is 2.34. The van der Waals surface area contributed by atoms with Crippen molar-refractivity contribution < 1.29 is 18.7 Å². The summed E-state index contributed by atoms with van der Waals surface area (Å²) < 4.78 is 18.3. The monoisotopic (exact) mass is 329 g/mol. The molecule has 0 heterocycles. The number of hydrogen-bond donors (Lipinski definition) is 0. The zero-order valence-corrected chi connectivity index (χ0v) is 13.8. The molecule has 0 aromatic heterocycles. The Morgan fingerprint density at radius 2 is 1.62 bits per heavy atom. The van der Waals surface area contributed by atoms with Crippen LogP contribution in [0.3, 0.4) is 0 Å². The van der Waals surface area contributed by atoms with E-state index < -0.39 is 11.9 Å². The molecule has 0 aliphatic heterocycles. The second-order valence-electron chi connectivity index (χ2n) is 5.22. The van der Waals surface area contributed by atoms with Crippen LogP contribution in [0.1, 0.15) is 35.3 Å². The minimum Gasteiger partial charge on any atom is -0.445 e.